The zero-order valence-corrected chi connectivity index (χ0v) is 17.0. The number of amides is 1. The Kier molecular flexibility index (Phi) is 6.65. The summed E-state index contributed by atoms with van der Waals surface area (Å²) < 4.78 is 43.7. The van der Waals surface area contributed by atoms with Crippen LogP contribution in [0.1, 0.15) is 29.3 Å². The lowest BCUT2D eigenvalue weighted by molar-refractivity contribution is -0.137. The Morgan fingerprint density at radius 2 is 1.87 bits per heavy atom. The Morgan fingerprint density at radius 1 is 1.16 bits per heavy atom. The smallest absolute Gasteiger partial charge is 0.416 e. The summed E-state index contributed by atoms with van der Waals surface area (Å²) in [4.78, 5) is 16.9. The van der Waals surface area contributed by atoms with Crippen molar-refractivity contribution in [2.24, 2.45) is 0 Å². The van der Waals surface area contributed by atoms with Crippen LogP contribution in [0.3, 0.4) is 0 Å². The number of alkyl halides is 3. The van der Waals surface area contributed by atoms with Crippen LogP contribution in [0.5, 0.6) is 5.75 Å². The van der Waals surface area contributed by atoms with Crippen molar-refractivity contribution in [2.45, 2.75) is 25.6 Å². The highest BCUT2D eigenvalue weighted by Gasteiger charge is 2.29. The van der Waals surface area contributed by atoms with E-state index in [4.69, 9.17) is 9.84 Å². The maximum absolute atomic E-state index is 12.8. The topological polar surface area (TPSA) is 83.5 Å². The van der Waals surface area contributed by atoms with Gasteiger partial charge in [0.15, 0.2) is 0 Å². The molecule has 2 aromatic carbocycles. The number of carbonyl (C=O) groups is 1. The summed E-state index contributed by atoms with van der Waals surface area (Å²) in [7, 11) is 1.49. The lowest BCUT2D eigenvalue weighted by Gasteiger charge is -2.14. The molecule has 3 aromatic rings. The van der Waals surface area contributed by atoms with Gasteiger partial charge in [-0.2, -0.15) is 13.2 Å². The van der Waals surface area contributed by atoms with E-state index in [-0.39, 0.29) is 18.6 Å². The van der Waals surface area contributed by atoms with Crippen LogP contribution in [-0.4, -0.2) is 35.8 Å². The molecule has 0 fully saturated rings. The number of fused-ring (bicyclic) bond motifs is 1. The zero-order valence-electron chi connectivity index (χ0n) is 17.0. The summed E-state index contributed by atoms with van der Waals surface area (Å²) in [5.41, 5.74) is 0.552. The second-order valence-corrected chi connectivity index (χ2v) is 7.03. The van der Waals surface area contributed by atoms with E-state index in [2.05, 4.69) is 15.6 Å². The Labute approximate surface area is 177 Å². The Bertz CT molecular complexity index is 1070. The number of ether oxygens (including phenoxy) is 1. The highest BCUT2D eigenvalue weighted by atomic mass is 19.4. The third kappa shape index (κ3) is 5.43. The molecule has 164 valence electrons. The molecule has 3 N–H and O–H groups in total. The number of aliphatic hydroxyl groups excluding tert-OH is 1. The van der Waals surface area contributed by atoms with Gasteiger partial charge in [-0.25, -0.2) is 4.98 Å². The van der Waals surface area contributed by atoms with Gasteiger partial charge in [-0.3, -0.25) is 4.79 Å². The molecule has 6 nitrogen and oxygen atoms in total. The van der Waals surface area contributed by atoms with Crippen molar-refractivity contribution >= 4 is 28.3 Å². The molecule has 0 unspecified atom stereocenters. The summed E-state index contributed by atoms with van der Waals surface area (Å²) in [6, 6.07) is 11.0. The number of carbonyl (C=O) groups excluding carboxylic acids is 1. The Morgan fingerprint density at radius 3 is 2.48 bits per heavy atom. The van der Waals surface area contributed by atoms with Gasteiger partial charge in [-0.1, -0.05) is 0 Å². The number of benzene rings is 2. The number of anilines is 2. The quantitative estimate of drug-likeness (QED) is 0.511. The van der Waals surface area contributed by atoms with E-state index in [1.165, 1.54) is 19.2 Å². The number of hydrogen-bond acceptors (Lipinski definition) is 5. The van der Waals surface area contributed by atoms with Crippen molar-refractivity contribution < 1.29 is 27.8 Å². The van der Waals surface area contributed by atoms with E-state index in [1.54, 1.807) is 31.2 Å². The summed E-state index contributed by atoms with van der Waals surface area (Å²) in [5.74, 6) is 0.556. The van der Waals surface area contributed by atoms with E-state index in [0.29, 0.717) is 40.1 Å². The average molecular weight is 433 g/mol. The van der Waals surface area contributed by atoms with Crippen LogP contribution < -0.4 is 15.4 Å². The number of halogens is 3. The largest absolute Gasteiger partial charge is 0.496 e. The van der Waals surface area contributed by atoms with Crippen LogP contribution in [0.4, 0.5) is 24.7 Å². The summed E-state index contributed by atoms with van der Waals surface area (Å²) in [6.45, 7) is 1.76. The first-order valence-electron chi connectivity index (χ1n) is 9.56. The van der Waals surface area contributed by atoms with Crippen molar-refractivity contribution in [1.82, 2.24) is 10.3 Å². The lowest BCUT2D eigenvalue weighted by Crippen LogP contribution is -2.33. The molecular formula is C22H22F3N3O3. The van der Waals surface area contributed by atoms with Crippen LogP contribution in [0.15, 0.2) is 48.5 Å². The fourth-order valence-corrected chi connectivity index (χ4v) is 3.03. The third-order valence-electron chi connectivity index (χ3n) is 4.68. The minimum atomic E-state index is -4.41. The van der Waals surface area contributed by atoms with E-state index in [1.807, 2.05) is 0 Å². The maximum Gasteiger partial charge on any atom is 0.416 e. The minimum Gasteiger partial charge on any atom is -0.496 e. The Hall–Kier alpha value is -3.33. The molecule has 0 saturated heterocycles. The molecule has 0 spiro atoms. The molecule has 0 aliphatic heterocycles. The molecule has 0 aliphatic rings. The van der Waals surface area contributed by atoms with E-state index < -0.39 is 11.7 Å². The number of nitrogens with zero attached hydrogens (tertiary/aromatic N) is 1. The normalized spacial score (nSPS) is 12.5. The molecule has 0 radical (unpaired) electrons. The highest BCUT2D eigenvalue weighted by molar-refractivity contribution is 5.99. The maximum atomic E-state index is 12.8. The first-order valence-corrected chi connectivity index (χ1v) is 9.56. The first-order chi connectivity index (χ1) is 14.7. The fourth-order valence-electron chi connectivity index (χ4n) is 3.03. The molecule has 3 rings (SSSR count). The molecular weight excluding hydrogens is 411 g/mol. The third-order valence-corrected chi connectivity index (χ3v) is 4.68. The Balaban J connectivity index is 1.89. The SMILES string of the molecule is COc1cc(Nc2ccc(C(F)(F)F)cc2)nc2cc(C(=O)N[C@H](C)CCO)ccc12. The number of pyridine rings is 1. The van der Waals surface area contributed by atoms with Gasteiger partial charge in [-0.15, -0.1) is 0 Å². The lowest BCUT2D eigenvalue weighted by atomic mass is 10.1. The monoisotopic (exact) mass is 433 g/mol. The van der Waals surface area contributed by atoms with Crippen molar-refractivity contribution in [2.75, 3.05) is 19.0 Å². The molecule has 1 aromatic heterocycles. The van der Waals surface area contributed by atoms with Crippen LogP contribution in [0.25, 0.3) is 10.9 Å². The van der Waals surface area contributed by atoms with Crippen LogP contribution in [0, 0.1) is 0 Å². The van der Waals surface area contributed by atoms with Gasteiger partial charge >= 0.3 is 6.18 Å². The van der Waals surface area contributed by atoms with Gasteiger partial charge < -0.3 is 20.5 Å². The molecule has 31 heavy (non-hydrogen) atoms. The second-order valence-electron chi connectivity index (χ2n) is 7.03. The minimum absolute atomic E-state index is 0.0309. The van der Waals surface area contributed by atoms with Gasteiger partial charge in [0.1, 0.15) is 11.6 Å². The number of hydrogen-bond donors (Lipinski definition) is 3. The van der Waals surface area contributed by atoms with Gasteiger partial charge in [0.05, 0.1) is 18.2 Å². The number of aliphatic hydroxyl groups is 1. The highest BCUT2D eigenvalue weighted by Crippen LogP contribution is 2.32. The van der Waals surface area contributed by atoms with Crippen molar-refractivity contribution in [3.05, 3.63) is 59.7 Å². The van der Waals surface area contributed by atoms with Gasteiger partial charge in [-0.05, 0) is 55.8 Å². The molecule has 0 saturated carbocycles. The molecule has 1 atom stereocenters. The number of rotatable bonds is 7. The standard InChI is InChI=1S/C22H22F3N3O3/c1-13(9-10-29)26-21(30)14-3-8-17-18(11-14)28-20(12-19(17)31-2)27-16-6-4-15(5-7-16)22(23,24)25/h3-8,11-13,29H,9-10H2,1-2H3,(H,26,30)(H,27,28)/t13-/m1/s1. The summed E-state index contributed by atoms with van der Waals surface area (Å²) in [5, 5.41) is 15.4. The van der Waals surface area contributed by atoms with Gasteiger partial charge in [0.25, 0.3) is 5.91 Å². The first kappa shape index (κ1) is 22.4. The van der Waals surface area contributed by atoms with E-state index >= 15 is 0 Å². The predicted molar refractivity (Wildman–Crippen MR) is 112 cm³/mol. The second kappa shape index (κ2) is 9.22. The molecule has 9 heteroatoms. The number of methoxy groups -OCH3 is 1. The van der Waals surface area contributed by atoms with Gasteiger partial charge in [0.2, 0.25) is 0 Å². The molecule has 0 aliphatic carbocycles. The van der Waals surface area contributed by atoms with Crippen LogP contribution in [-0.2, 0) is 6.18 Å². The van der Waals surface area contributed by atoms with E-state index in [0.717, 1.165) is 12.1 Å². The van der Waals surface area contributed by atoms with Crippen LogP contribution >= 0.6 is 0 Å². The predicted octanol–water partition coefficient (Wildman–Crippen LogP) is 4.51. The van der Waals surface area contributed by atoms with Crippen molar-refractivity contribution in [1.29, 1.82) is 0 Å². The zero-order chi connectivity index (χ0) is 22.6. The van der Waals surface area contributed by atoms with Crippen molar-refractivity contribution in [3.63, 3.8) is 0 Å². The molecule has 1 amide bonds. The van der Waals surface area contributed by atoms with Crippen LogP contribution in [0.2, 0.25) is 0 Å². The summed E-state index contributed by atoms with van der Waals surface area (Å²) in [6.07, 6.45) is -3.97. The van der Waals surface area contributed by atoms with E-state index in [9.17, 15) is 18.0 Å². The van der Waals surface area contributed by atoms with Gasteiger partial charge in [0, 0.05) is 35.4 Å². The molecule has 1 heterocycles. The fraction of sp³-hybridized carbons (Fsp3) is 0.273. The van der Waals surface area contributed by atoms with Crippen molar-refractivity contribution in [3.8, 4) is 5.75 Å². The number of nitrogens with one attached hydrogen (secondary N) is 2. The molecule has 0 bridgehead atoms. The summed E-state index contributed by atoms with van der Waals surface area (Å²) >= 11 is 0. The number of aromatic nitrogens is 1. The average Bonchev–Trinajstić information content (AvgIpc) is 2.72.